The smallest absolute Gasteiger partial charge is 0.0947 e. The number of nitrogens with zero attached hydrogens (tertiary/aromatic N) is 1. The van der Waals surface area contributed by atoms with Gasteiger partial charge in [-0.15, -0.1) is 0 Å². The summed E-state index contributed by atoms with van der Waals surface area (Å²) in [5.41, 5.74) is 2.55. The highest BCUT2D eigenvalue weighted by Gasteiger charge is 2.10. The lowest BCUT2D eigenvalue weighted by Gasteiger charge is -2.21. The van der Waals surface area contributed by atoms with Gasteiger partial charge >= 0.3 is 0 Å². The predicted octanol–water partition coefficient (Wildman–Crippen LogP) is 3.82. The van der Waals surface area contributed by atoms with E-state index < -0.39 is 0 Å². The highest BCUT2D eigenvalue weighted by atomic mass is 79.9. The van der Waals surface area contributed by atoms with E-state index >= 15 is 0 Å². The Kier molecular flexibility index (Phi) is 5.83. The van der Waals surface area contributed by atoms with Crippen molar-refractivity contribution in [1.82, 2.24) is 10.2 Å². The standard InChI is InChI=1S/C16H21BrN2O/c1-18-16(14-3-5-15(17)6-4-14)7-9-19(2)11-13-8-10-20-12-13/h3-6,8,10,12,16,18H,7,9,11H2,1-2H3. The molecule has 1 heterocycles. The average Bonchev–Trinajstić information content (AvgIpc) is 2.94. The Hall–Kier alpha value is -1.10. The second-order valence-electron chi connectivity index (χ2n) is 5.05. The summed E-state index contributed by atoms with van der Waals surface area (Å²) in [5.74, 6) is 0. The van der Waals surface area contributed by atoms with Crippen molar-refractivity contribution in [1.29, 1.82) is 0 Å². The molecular formula is C16H21BrN2O. The fraction of sp³-hybridized carbons (Fsp3) is 0.375. The molecule has 0 radical (unpaired) electrons. The van der Waals surface area contributed by atoms with E-state index in [9.17, 15) is 0 Å². The van der Waals surface area contributed by atoms with E-state index in [0.717, 1.165) is 24.0 Å². The molecule has 4 heteroatoms. The summed E-state index contributed by atoms with van der Waals surface area (Å²) in [7, 11) is 4.16. The van der Waals surface area contributed by atoms with Crippen molar-refractivity contribution >= 4 is 15.9 Å². The van der Waals surface area contributed by atoms with Crippen molar-refractivity contribution in [3.8, 4) is 0 Å². The molecule has 20 heavy (non-hydrogen) atoms. The number of hydrogen-bond donors (Lipinski definition) is 1. The van der Waals surface area contributed by atoms with Gasteiger partial charge in [0.1, 0.15) is 0 Å². The molecule has 1 N–H and O–H groups in total. The summed E-state index contributed by atoms with van der Waals surface area (Å²) >= 11 is 3.47. The van der Waals surface area contributed by atoms with Crippen LogP contribution in [-0.2, 0) is 6.54 Å². The molecule has 2 rings (SSSR count). The minimum atomic E-state index is 0.384. The molecule has 0 spiro atoms. The van der Waals surface area contributed by atoms with Gasteiger partial charge in [-0.2, -0.15) is 0 Å². The first-order valence-corrected chi connectivity index (χ1v) is 7.60. The van der Waals surface area contributed by atoms with Crippen LogP contribution in [0, 0.1) is 0 Å². The van der Waals surface area contributed by atoms with Crippen LogP contribution in [0.4, 0.5) is 0 Å². The molecule has 2 aromatic rings. The number of benzene rings is 1. The lowest BCUT2D eigenvalue weighted by Crippen LogP contribution is -2.25. The average molecular weight is 337 g/mol. The van der Waals surface area contributed by atoms with Crippen LogP contribution in [0.15, 0.2) is 51.7 Å². The minimum absolute atomic E-state index is 0.384. The van der Waals surface area contributed by atoms with Crippen molar-refractivity contribution in [2.45, 2.75) is 19.0 Å². The van der Waals surface area contributed by atoms with E-state index in [-0.39, 0.29) is 0 Å². The van der Waals surface area contributed by atoms with Gasteiger partial charge in [0.15, 0.2) is 0 Å². The van der Waals surface area contributed by atoms with Gasteiger partial charge in [-0.1, -0.05) is 28.1 Å². The third-order valence-corrected chi connectivity index (χ3v) is 3.98. The second-order valence-corrected chi connectivity index (χ2v) is 5.97. The summed E-state index contributed by atoms with van der Waals surface area (Å²) in [4.78, 5) is 2.31. The van der Waals surface area contributed by atoms with Gasteiger partial charge < -0.3 is 14.6 Å². The first-order chi connectivity index (χ1) is 9.69. The van der Waals surface area contributed by atoms with Crippen molar-refractivity contribution in [3.05, 3.63) is 58.5 Å². The van der Waals surface area contributed by atoms with E-state index in [2.05, 4.69) is 57.5 Å². The molecule has 1 atom stereocenters. The van der Waals surface area contributed by atoms with Gasteiger partial charge in [-0.05, 0) is 50.8 Å². The Morgan fingerprint density at radius 1 is 1.25 bits per heavy atom. The number of hydrogen-bond acceptors (Lipinski definition) is 3. The van der Waals surface area contributed by atoms with E-state index in [1.54, 1.807) is 12.5 Å². The zero-order valence-corrected chi connectivity index (χ0v) is 13.6. The quantitative estimate of drug-likeness (QED) is 0.832. The lowest BCUT2D eigenvalue weighted by atomic mass is 10.0. The van der Waals surface area contributed by atoms with Crippen LogP contribution < -0.4 is 5.32 Å². The van der Waals surface area contributed by atoms with Crippen LogP contribution in [-0.4, -0.2) is 25.5 Å². The molecule has 0 aliphatic heterocycles. The minimum Gasteiger partial charge on any atom is -0.472 e. The maximum atomic E-state index is 5.10. The van der Waals surface area contributed by atoms with E-state index in [1.807, 2.05) is 13.1 Å². The summed E-state index contributed by atoms with van der Waals surface area (Å²) in [5, 5.41) is 3.39. The van der Waals surface area contributed by atoms with Gasteiger partial charge in [0.2, 0.25) is 0 Å². The Morgan fingerprint density at radius 3 is 2.60 bits per heavy atom. The van der Waals surface area contributed by atoms with Gasteiger partial charge in [0, 0.05) is 22.6 Å². The molecule has 0 saturated heterocycles. The molecule has 0 aliphatic carbocycles. The zero-order chi connectivity index (χ0) is 14.4. The number of furan rings is 1. The van der Waals surface area contributed by atoms with Crippen LogP contribution >= 0.6 is 15.9 Å². The Morgan fingerprint density at radius 2 is 2.00 bits per heavy atom. The van der Waals surface area contributed by atoms with Gasteiger partial charge in [-0.3, -0.25) is 0 Å². The van der Waals surface area contributed by atoms with E-state index in [0.29, 0.717) is 6.04 Å². The molecule has 0 aliphatic rings. The molecule has 0 saturated carbocycles. The first kappa shape index (κ1) is 15.3. The van der Waals surface area contributed by atoms with Crippen molar-refractivity contribution < 1.29 is 4.42 Å². The van der Waals surface area contributed by atoms with Gasteiger partial charge in [0.05, 0.1) is 12.5 Å². The van der Waals surface area contributed by atoms with E-state index in [4.69, 9.17) is 4.42 Å². The Bertz CT molecular complexity index is 496. The number of rotatable bonds is 7. The SMILES string of the molecule is CNC(CCN(C)Cc1ccoc1)c1ccc(Br)cc1. The second kappa shape index (κ2) is 7.62. The summed E-state index contributed by atoms with van der Waals surface area (Å²) in [6.07, 6.45) is 4.61. The maximum absolute atomic E-state index is 5.10. The third kappa shape index (κ3) is 4.47. The Balaban J connectivity index is 1.85. The monoisotopic (exact) mass is 336 g/mol. The third-order valence-electron chi connectivity index (χ3n) is 3.45. The largest absolute Gasteiger partial charge is 0.472 e. The van der Waals surface area contributed by atoms with Gasteiger partial charge in [-0.25, -0.2) is 0 Å². The van der Waals surface area contributed by atoms with Crippen molar-refractivity contribution in [3.63, 3.8) is 0 Å². The molecule has 0 amide bonds. The highest BCUT2D eigenvalue weighted by molar-refractivity contribution is 9.10. The maximum Gasteiger partial charge on any atom is 0.0947 e. The van der Waals surface area contributed by atoms with Crippen molar-refractivity contribution in [2.24, 2.45) is 0 Å². The first-order valence-electron chi connectivity index (χ1n) is 6.81. The molecule has 1 aromatic heterocycles. The fourth-order valence-corrected chi connectivity index (χ4v) is 2.56. The lowest BCUT2D eigenvalue weighted by molar-refractivity contribution is 0.303. The van der Waals surface area contributed by atoms with Crippen LogP contribution in [0.3, 0.4) is 0 Å². The normalized spacial score (nSPS) is 12.8. The van der Waals surface area contributed by atoms with Crippen molar-refractivity contribution in [2.75, 3.05) is 20.6 Å². The summed E-state index contributed by atoms with van der Waals surface area (Å²) in [6.45, 7) is 1.96. The van der Waals surface area contributed by atoms with Crippen LogP contribution in [0.2, 0.25) is 0 Å². The molecular weight excluding hydrogens is 316 g/mol. The number of halogens is 1. The van der Waals surface area contributed by atoms with Crippen LogP contribution in [0.1, 0.15) is 23.6 Å². The molecule has 108 valence electrons. The fourth-order valence-electron chi connectivity index (χ4n) is 2.30. The summed E-state index contributed by atoms with van der Waals surface area (Å²) < 4.78 is 6.22. The Labute approximate surface area is 129 Å². The molecule has 0 fully saturated rings. The van der Waals surface area contributed by atoms with E-state index in [1.165, 1.54) is 11.1 Å². The zero-order valence-electron chi connectivity index (χ0n) is 12.0. The topological polar surface area (TPSA) is 28.4 Å². The predicted molar refractivity (Wildman–Crippen MR) is 85.6 cm³/mol. The molecule has 0 bridgehead atoms. The van der Waals surface area contributed by atoms with Crippen LogP contribution in [0.25, 0.3) is 0 Å². The highest BCUT2D eigenvalue weighted by Crippen LogP contribution is 2.19. The van der Waals surface area contributed by atoms with Gasteiger partial charge in [0.25, 0.3) is 0 Å². The molecule has 1 aromatic carbocycles. The summed E-state index contributed by atoms with van der Waals surface area (Å²) in [6, 6.07) is 10.9. The molecule has 1 unspecified atom stereocenters. The molecule has 3 nitrogen and oxygen atoms in total. The van der Waals surface area contributed by atoms with Crippen LogP contribution in [0.5, 0.6) is 0 Å². The number of nitrogens with one attached hydrogen (secondary N) is 1.